The van der Waals surface area contributed by atoms with Crippen LogP contribution in [0.5, 0.6) is 0 Å². The topological polar surface area (TPSA) is 85.9 Å². The van der Waals surface area contributed by atoms with Crippen molar-refractivity contribution in [1.29, 1.82) is 0 Å². The molecule has 0 aromatic carbocycles. The third kappa shape index (κ3) is 15.1. The lowest BCUT2D eigenvalue weighted by Crippen LogP contribution is -2.23. The van der Waals surface area contributed by atoms with E-state index < -0.39 is 0 Å². The Kier molecular flexibility index (Phi) is 14.4. The number of oxime groups is 1. The fraction of sp³-hybridized carbons (Fsp3) is 0.867. The number of rotatable bonds is 14. The van der Waals surface area contributed by atoms with Gasteiger partial charge in [-0.3, -0.25) is 4.79 Å². The summed E-state index contributed by atoms with van der Waals surface area (Å²) in [4.78, 5) is 21.0. The number of nitrogens with one attached hydrogen (secondary N) is 1. The van der Waals surface area contributed by atoms with Crippen LogP contribution in [-0.4, -0.2) is 31.4 Å². The van der Waals surface area contributed by atoms with Crippen molar-refractivity contribution in [2.75, 3.05) is 19.8 Å². The van der Waals surface area contributed by atoms with Gasteiger partial charge in [0.05, 0.1) is 12.3 Å². The third-order valence-electron chi connectivity index (χ3n) is 3.01. The minimum absolute atomic E-state index is 0.166. The van der Waals surface area contributed by atoms with Gasteiger partial charge < -0.3 is 15.0 Å². The molecule has 0 atom stereocenters. The molecule has 0 fully saturated rings. The summed E-state index contributed by atoms with van der Waals surface area (Å²) in [5, 5.41) is 6.95. The highest BCUT2D eigenvalue weighted by Crippen LogP contribution is 2.04. The lowest BCUT2D eigenvalue weighted by atomic mass is 10.1. The zero-order valence-corrected chi connectivity index (χ0v) is 13.5. The minimum Gasteiger partial charge on any atom is -0.396 e. The fourth-order valence-electron chi connectivity index (χ4n) is 1.74. The molecular formula is C15H31N3O3. The molecule has 124 valence electrons. The molecule has 0 aliphatic carbocycles. The van der Waals surface area contributed by atoms with E-state index in [0.717, 1.165) is 57.2 Å². The lowest BCUT2D eigenvalue weighted by molar-refractivity contribution is -0.121. The molecule has 0 heterocycles. The van der Waals surface area contributed by atoms with E-state index in [0.29, 0.717) is 19.6 Å². The molecule has 3 N–H and O–H groups in total. The van der Waals surface area contributed by atoms with Crippen molar-refractivity contribution < 1.29 is 14.5 Å². The third-order valence-corrected chi connectivity index (χ3v) is 3.01. The molecule has 6 nitrogen and oxygen atoms in total. The summed E-state index contributed by atoms with van der Waals surface area (Å²) in [7, 11) is 0. The highest BCUT2D eigenvalue weighted by atomic mass is 16.6. The van der Waals surface area contributed by atoms with Gasteiger partial charge in [0, 0.05) is 19.4 Å². The van der Waals surface area contributed by atoms with Gasteiger partial charge in [-0.25, -0.2) is 5.90 Å². The average Bonchev–Trinajstić information content (AvgIpc) is 2.47. The van der Waals surface area contributed by atoms with E-state index in [9.17, 15) is 4.79 Å². The van der Waals surface area contributed by atoms with Crippen molar-refractivity contribution in [2.24, 2.45) is 11.1 Å². The van der Waals surface area contributed by atoms with Crippen LogP contribution in [0.4, 0.5) is 0 Å². The summed E-state index contributed by atoms with van der Waals surface area (Å²) in [6.07, 6.45) is 7.43. The number of hydrogen-bond donors (Lipinski definition) is 2. The number of unbranched alkanes of at least 4 members (excludes halogenated alkanes) is 3. The molecule has 0 unspecified atom stereocenters. The maximum absolute atomic E-state index is 11.5. The number of hydrogen-bond acceptors (Lipinski definition) is 5. The molecule has 0 bridgehead atoms. The van der Waals surface area contributed by atoms with Crippen LogP contribution >= 0.6 is 0 Å². The van der Waals surface area contributed by atoms with Crippen LogP contribution in [0.1, 0.15) is 65.2 Å². The summed E-state index contributed by atoms with van der Waals surface area (Å²) in [5.74, 6) is 5.07. The van der Waals surface area contributed by atoms with Crippen molar-refractivity contribution in [1.82, 2.24) is 5.32 Å². The van der Waals surface area contributed by atoms with Gasteiger partial charge in [0.1, 0.15) is 6.61 Å². The van der Waals surface area contributed by atoms with Gasteiger partial charge in [-0.05, 0) is 32.6 Å². The molecule has 6 heteroatoms. The van der Waals surface area contributed by atoms with Crippen molar-refractivity contribution in [3.63, 3.8) is 0 Å². The van der Waals surface area contributed by atoms with Gasteiger partial charge in [-0.1, -0.05) is 24.9 Å². The van der Waals surface area contributed by atoms with E-state index in [2.05, 4.69) is 22.2 Å². The Hall–Kier alpha value is -1.14. The van der Waals surface area contributed by atoms with E-state index >= 15 is 0 Å². The second-order valence-corrected chi connectivity index (χ2v) is 5.15. The molecule has 0 aliphatic heterocycles. The predicted octanol–water partition coefficient (Wildman–Crippen LogP) is 2.53. The van der Waals surface area contributed by atoms with Crippen LogP contribution in [-0.2, 0) is 14.5 Å². The smallest absolute Gasteiger partial charge is 0.219 e. The van der Waals surface area contributed by atoms with Crippen LogP contribution in [0.25, 0.3) is 0 Å². The maximum Gasteiger partial charge on any atom is 0.219 e. The van der Waals surface area contributed by atoms with E-state index in [4.69, 9.17) is 10.7 Å². The van der Waals surface area contributed by atoms with Gasteiger partial charge in [-0.2, -0.15) is 0 Å². The predicted molar refractivity (Wildman–Crippen MR) is 84.8 cm³/mol. The number of nitrogens with zero attached hydrogens (tertiary/aromatic N) is 1. The van der Waals surface area contributed by atoms with Crippen molar-refractivity contribution in [3.05, 3.63) is 0 Å². The van der Waals surface area contributed by atoms with Gasteiger partial charge in [-0.15, -0.1) is 0 Å². The summed E-state index contributed by atoms with van der Waals surface area (Å²) in [6.45, 7) is 5.87. The number of nitrogens with two attached hydrogens (primary N) is 1. The first-order valence-electron chi connectivity index (χ1n) is 7.94. The first-order chi connectivity index (χ1) is 10.2. The van der Waals surface area contributed by atoms with Crippen molar-refractivity contribution in [3.8, 4) is 0 Å². The summed E-state index contributed by atoms with van der Waals surface area (Å²) in [5.41, 5.74) is 0.982. The van der Waals surface area contributed by atoms with Crippen LogP contribution in [0.3, 0.4) is 0 Å². The number of carbonyl (C=O) groups excluding carboxylic acids is 1. The number of amides is 1. The van der Waals surface area contributed by atoms with Gasteiger partial charge in [0.25, 0.3) is 0 Å². The van der Waals surface area contributed by atoms with E-state index in [1.165, 1.54) is 0 Å². The summed E-state index contributed by atoms with van der Waals surface area (Å²) >= 11 is 0. The van der Waals surface area contributed by atoms with Gasteiger partial charge >= 0.3 is 0 Å². The highest BCUT2D eigenvalue weighted by molar-refractivity contribution is 5.81. The zero-order chi connectivity index (χ0) is 15.8. The molecule has 0 radical (unpaired) electrons. The Bertz CT molecular complexity index is 283. The Balaban J connectivity index is 3.40. The Morgan fingerprint density at radius 1 is 1.10 bits per heavy atom. The molecule has 0 aliphatic rings. The molecule has 0 aromatic rings. The molecular weight excluding hydrogens is 270 g/mol. The van der Waals surface area contributed by atoms with E-state index in [-0.39, 0.29) is 5.91 Å². The average molecular weight is 301 g/mol. The largest absolute Gasteiger partial charge is 0.396 e. The van der Waals surface area contributed by atoms with E-state index in [1.807, 2.05) is 6.92 Å². The van der Waals surface area contributed by atoms with Crippen LogP contribution in [0.15, 0.2) is 5.16 Å². The SMILES string of the molecule is CCCCNC(=O)CCCCCC(C)=NOCCCON. The standard InChI is InChI=1S/C15H31N3O3/c1-3-4-11-17-15(19)10-7-5-6-9-14(2)18-21-13-8-12-20-16/h3-13,16H2,1-2H3,(H,17,19). The molecule has 0 saturated heterocycles. The maximum atomic E-state index is 11.5. The molecule has 21 heavy (non-hydrogen) atoms. The van der Waals surface area contributed by atoms with Gasteiger partial charge in [0.15, 0.2) is 0 Å². The molecule has 0 spiro atoms. The second-order valence-electron chi connectivity index (χ2n) is 5.15. The van der Waals surface area contributed by atoms with Crippen molar-refractivity contribution >= 4 is 11.6 Å². The van der Waals surface area contributed by atoms with Crippen molar-refractivity contribution in [2.45, 2.75) is 65.2 Å². The van der Waals surface area contributed by atoms with Crippen LogP contribution < -0.4 is 11.2 Å². The normalized spacial score (nSPS) is 11.5. The summed E-state index contributed by atoms with van der Waals surface area (Å²) in [6, 6.07) is 0. The molecule has 0 saturated carbocycles. The molecule has 0 aromatic heterocycles. The number of carbonyl (C=O) groups is 1. The van der Waals surface area contributed by atoms with Crippen LogP contribution in [0, 0.1) is 0 Å². The second kappa shape index (κ2) is 15.3. The Labute approximate surface area is 128 Å². The first kappa shape index (κ1) is 19.9. The lowest BCUT2D eigenvalue weighted by Gasteiger charge is -2.04. The Morgan fingerprint density at radius 3 is 2.57 bits per heavy atom. The molecule has 1 amide bonds. The zero-order valence-electron chi connectivity index (χ0n) is 13.5. The summed E-state index contributed by atoms with van der Waals surface area (Å²) < 4.78 is 0. The minimum atomic E-state index is 0.166. The monoisotopic (exact) mass is 301 g/mol. The Morgan fingerprint density at radius 2 is 1.86 bits per heavy atom. The van der Waals surface area contributed by atoms with E-state index in [1.54, 1.807) is 0 Å². The molecule has 0 rings (SSSR count). The first-order valence-corrected chi connectivity index (χ1v) is 7.94. The quantitative estimate of drug-likeness (QED) is 0.293. The van der Waals surface area contributed by atoms with Crippen LogP contribution in [0.2, 0.25) is 0 Å². The van der Waals surface area contributed by atoms with Gasteiger partial charge in [0.2, 0.25) is 5.91 Å². The fourth-order valence-corrected chi connectivity index (χ4v) is 1.74. The highest BCUT2D eigenvalue weighted by Gasteiger charge is 2.00.